The summed E-state index contributed by atoms with van der Waals surface area (Å²) in [6.45, 7) is 0. The average Bonchev–Trinajstić information content (AvgIpc) is 2.30. The first kappa shape index (κ1) is 7.95. The Hall–Kier alpha value is -0.150. The maximum atomic E-state index is 10.4. The first-order valence-electron chi connectivity index (χ1n) is 2.77. The Kier molecular flexibility index (Phi) is 2.63. The molecule has 3 nitrogen and oxygen atoms in total. The molecule has 2 unspecified atom stereocenters. The van der Waals surface area contributed by atoms with E-state index in [0.717, 1.165) is 0 Å². The predicted octanol–water partition coefficient (Wildman–Crippen LogP) is 1.37. The summed E-state index contributed by atoms with van der Waals surface area (Å²) < 4.78 is 9.27. The highest BCUT2D eigenvalue weighted by Gasteiger charge is 2.34. The Morgan fingerprint density at radius 1 is 1.20 bits per heavy atom. The number of carbonyl (C=O) groups is 1. The van der Waals surface area contributed by atoms with E-state index in [-0.39, 0.29) is 24.0 Å². The van der Waals surface area contributed by atoms with Gasteiger partial charge in [0.15, 0.2) is 12.2 Å². The van der Waals surface area contributed by atoms with Gasteiger partial charge in [0, 0.05) is 0 Å². The second-order valence-corrected chi connectivity index (χ2v) is 2.49. The number of rotatable bonds is 2. The van der Waals surface area contributed by atoms with Crippen LogP contribution in [-0.4, -0.2) is 30.1 Å². The van der Waals surface area contributed by atoms with Gasteiger partial charge in [0.2, 0.25) is 0 Å². The molecule has 0 N–H and O–H groups in total. The van der Waals surface area contributed by atoms with E-state index in [1.807, 2.05) is 0 Å². The van der Waals surface area contributed by atoms with Crippen LogP contribution in [0.3, 0.4) is 0 Å². The standard InChI is InChI=1S/C5H6Cl2O3/c6-1-3-4(2-7)10-5(8)9-3/h3-4H,1-2H2. The summed E-state index contributed by atoms with van der Waals surface area (Å²) in [7, 11) is 0. The monoisotopic (exact) mass is 184 g/mol. The normalized spacial score (nSPS) is 31.6. The SMILES string of the molecule is O=C1OC(CCl)C(CCl)O1. The van der Waals surface area contributed by atoms with Crippen molar-refractivity contribution < 1.29 is 14.3 Å². The van der Waals surface area contributed by atoms with Crippen LogP contribution in [0.5, 0.6) is 0 Å². The van der Waals surface area contributed by atoms with Crippen LogP contribution < -0.4 is 0 Å². The zero-order chi connectivity index (χ0) is 7.56. The average molecular weight is 185 g/mol. The van der Waals surface area contributed by atoms with E-state index in [1.165, 1.54) is 0 Å². The third-order valence-corrected chi connectivity index (χ3v) is 1.82. The van der Waals surface area contributed by atoms with E-state index in [4.69, 9.17) is 23.2 Å². The first-order chi connectivity index (χ1) is 4.77. The third-order valence-electron chi connectivity index (χ3n) is 1.21. The molecule has 0 radical (unpaired) electrons. The largest absolute Gasteiger partial charge is 0.509 e. The molecule has 2 atom stereocenters. The van der Waals surface area contributed by atoms with Crippen LogP contribution in [0.15, 0.2) is 0 Å². The number of cyclic esters (lactones) is 2. The van der Waals surface area contributed by atoms with Gasteiger partial charge in [-0.25, -0.2) is 4.79 Å². The highest BCUT2D eigenvalue weighted by molar-refractivity contribution is 6.19. The summed E-state index contributed by atoms with van der Waals surface area (Å²) >= 11 is 10.9. The molecule has 10 heavy (non-hydrogen) atoms. The van der Waals surface area contributed by atoms with Gasteiger partial charge < -0.3 is 9.47 Å². The molecular weight excluding hydrogens is 179 g/mol. The van der Waals surface area contributed by atoms with Gasteiger partial charge in [0.1, 0.15) is 0 Å². The minimum absolute atomic E-state index is 0.225. The van der Waals surface area contributed by atoms with E-state index in [9.17, 15) is 4.79 Å². The van der Waals surface area contributed by atoms with Gasteiger partial charge in [-0.05, 0) is 0 Å². The molecule has 0 amide bonds. The third kappa shape index (κ3) is 1.47. The van der Waals surface area contributed by atoms with Gasteiger partial charge in [0.05, 0.1) is 11.8 Å². The molecule has 1 aliphatic heterocycles. The van der Waals surface area contributed by atoms with E-state index in [0.29, 0.717) is 0 Å². The summed E-state index contributed by atoms with van der Waals surface area (Å²) in [5, 5.41) is 0. The number of hydrogen-bond acceptors (Lipinski definition) is 3. The minimum atomic E-state index is -0.684. The lowest BCUT2D eigenvalue weighted by Crippen LogP contribution is -2.25. The van der Waals surface area contributed by atoms with Crippen molar-refractivity contribution in [1.82, 2.24) is 0 Å². The van der Waals surface area contributed by atoms with Crippen LogP contribution in [0.1, 0.15) is 0 Å². The lowest BCUT2D eigenvalue weighted by Gasteiger charge is -2.07. The highest BCUT2D eigenvalue weighted by atomic mass is 35.5. The maximum absolute atomic E-state index is 10.4. The van der Waals surface area contributed by atoms with Crippen LogP contribution in [0.25, 0.3) is 0 Å². The van der Waals surface area contributed by atoms with Crippen molar-refractivity contribution >= 4 is 29.4 Å². The molecule has 58 valence electrons. The van der Waals surface area contributed by atoms with Crippen LogP contribution in [0.2, 0.25) is 0 Å². The van der Waals surface area contributed by atoms with Crippen LogP contribution in [0, 0.1) is 0 Å². The van der Waals surface area contributed by atoms with Crippen molar-refractivity contribution in [2.45, 2.75) is 12.2 Å². The molecule has 1 aliphatic rings. The lowest BCUT2D eigenvalue weighted by atomic mass is 10.3. The number of carbonyl (C=O) groups excluding carboxylic acids is 1. The van der Waals surface area contributed by atoms with Gasteiger partial charge in [-0.1, -0.05) is 0 Å². The second-order valence-electron chi connectivity index (χ2n) is 1.87. The van der Waals surface area contributed by atoms with Crippen LogP contribution in [-0.2, 0) is 9.47 Å². The minimum Gasteiger partial charge on any atom is -0.426 e. The summed E-state index contributed by atoms with van der Waals surface area (Å²) in [5.41, 5.74) is 0. The Balaban J connectivity index is 2.48. The van der Waals surface area contributed by atoms with E-state index in [2.05, 4.69) is 9.47 Å². The summed E-state index contributed by atoms with van der Waals surface area (Å²) in [5.74, 6) is 0.451. The fourth-order valence-electron chi connectivity index (χ4n) is 0.688. The Morgan fingerprint density at radius 2 is 1.60 bits per heavy atom. The molecule has 1 fully saturated rings. The Labute approximate surface area is 68.2 Å². The van der Waals surface area contributed by atoms with E-state index < -0.39 is 6.16 Å². The molecule has 1 saturated heterocycles. The highest BCUT2D eigenvalue weighted by Crippen LogP contribution is 2.17. The predicted molar refractivity (Wildman–Crippen MR) is 36.6 cm³/mol. The fraction of sp³-hybridized carbons (Fsp3) is 0.800. The van der Waals surface area contributed by atoms with Crippen LogP contribution in [0.4, 0.5) is 4.79 Å². The van der Waals surface area contributed by atoms with Crippen molar-refractivity contribution in [2.24, 2.45) is 0 Å². The molecule has 0 aromatic carbocycles. The molecular formula is C5H6Cl2O3. The molecule has 1 heterocycles. The molecule has 1 rings (SSSR count). The topological polar surface area (TPSA) is 35.5 Å². The van der Waals surface area contributed by atoms with Crippen molar-refractivity contribution in [3.8, 4) is 0 Å². The van der Waals surface area contributed by atoms with Gasteiger partial charge in [0.25, 0.3) is 0 Å². The molecule has 0 spiro atoms. The molecule has 0 bridgehead atoms. The Morgan fingerprint density at radius 3 is 1.90 bits per heavy atom. The summed E-state index contributed by atoms with van der Waals surface area (Å²) in [6.07, 6.45) is -1.45. The zero-order valence-corrected chi connectivity index (χ0v) is 6.56. The number of hydrogen-bond donors (Lipinski definition) is 0. The van der Waals surface area contributed by atoms with Gasteiger partial charge in [-0.15, -0.1) is 23.2 Å². The van der Waals surface area contributed by atoms with Crippen molar-refractivity contribution in [3.05, 3.63) is 0 Å². The molecule has 0 aromatic rings. The van der Waals surface area contributed by atoms with E-state index >= 15 is 0 Å². The number of halogens is 2. The summed E-state index contributed by atoms with van der Waals surface area (Å²) in [4.78, 5) is 10.4. The first-order valence-corrected chi connectivity index (χ1v) is 3.84. The van der Waals surface area contributed by atoms with Crippen molar-refractivity contribution in [3.63, 3.8) is 0 Å². The van der Waals surface area contributed by atoms with Crippen molar-refractivity contribution in [2.75, 3.05) is 11.8 Å². The molecule has 5 heteroatoms. The summed E-state index contributed by atoms with van der Waals surface area (Å²) in [6, 6.07) is 0. The van der Waals surface area contributed by atoms with Gasteiger partial charge in [-0.2, -0.15) is 0 Å². The maximum Gasteiger partial charge on any atom is 0.509 e. The quantitative estimate of drug-likeness (QED) is 0.481. The molecule has 0 aliphatic carbocycles. The molecule has 0 aromatic heterocycles. The molecule has 0 saturated carbocycles. The van der Waals surface area contributed by atoms with E-state index in [1.54, 1.807) is 0 Å². The zero-order valence-electron chi connectivity index (χ0n) is 5.05. The smallest absolute Gasteiger partial charge is 0.426 e. The van der Waals surface area contributed by atoms with Crippen LogP contribution >= 0.6 is 23.2 Å². The number of ether oxygens (including phenoxy) is 2. The Bertz CT molecular complexity index is 125. The van der Waals surface area contributed by atoms with Crippen molar-refractivity contribution in [1.29, 1.82) is 0 Å². The lowest BCUT2D eigenvalue weighted by molar-refractivity contribution is 0.119. The number of alkyl halides is 2. The van der Waals surface area contributed by atoms with Gasteiger partial charge in [-0.3, -0.25) is 0 Å². The fourth-order valence-corrected chi connectivity index (χ4v) is 1.21. The second kappa shape index (κ2) is 3.30. The van der Waals surface area contributed by atoms with Gasteiger partial charge >= 0.3 is 6.16 Å².